The third-order valence-electron chi connectivity index (χ3n) is 5.92. The minimum atomic E-state index is -1.24. The predicted octanol–water partition coefficient (Wildman–Crippen LogP) is -0.406. The molecule has 0 aromatic carbocycles. The van der Waals surface area contributed by atoms with E-state index in [1.807, 2.05) is 0 Å². The number of aliphatic carboxylic acids is 1. The first-order valence-electron chi connectivity index (χ1n) is 10.6. The molecular formula is C21H24N8O5S. The summed E-state index contributed by atoms with van der Waals surface area (Å²) in [6.07, 6.45) is 7.84. The zero-order chi connectivity index (χ0) is 25.3. The Bertz CT molecular complexity index is 1200. The highest BCUT2D eigenvalue weighted by molar-refractivity contribution is 7.13. The minimum absolute atomic E-state index is 0.0741. The highest BCUT2D eigenvalue weighted by Gasteiger charge is 2.53. The van der Waals surface area contributed by atoms with Crippen molar-refractivity contribution in [1.82, 2.24) is 20.1 Å². The molecule has 35 heavy (non-hydrogen) atoms. The predicted molar refractivity (Wildman–Crippen MR) is 127 cm³/mol. The van der Waals surface area contributed by atoms with Crippen molar-refractivity contribution in [2.45, 2.75) is 31.0 Å². The van der Waals surface area contributed by atoms with Crippen LogP contribution in [-0.4, -0.2) is 81.0 Å². The summed E-state index contributed by atoms with van der Waals surface area (Å²) in [6, 6.07) is -1.94. The van der Waals surface area contributed by atoms with Crippen molar-refractivity contribution in [3.63, 3.8) is 0 Å². The van der Waals surface area contributed by atoms with Gasteiger partial charge in [-0.3, -0.25) is 19.9 Å². The molecule has 3 aliphatic heterocycles. The largest absolute Gasteiger partial charge is 0.477 e. The number of hydrogen-bond donors (Lipinski definition) is 5. The molecule has 0 bridgehead atoms. The molecule has 14 heteroatoms. The number of hydrogen-bond acceptors (Lipinski definition) is 10. The van der Waals surface area contributed by atoms with Crippen LogP contribution in [0.1, 0.15) is 18.5 Å². The molecular weight excluding hydrogens is 476 g/mol. The smallest absolute Gasteiger partial charge is 0.352 e. The lowest BCUT2D eigenvalue weighted by Gasteiger charge is -2.50. The second-order valence-corrected chi connectivity index (χ2v) is 8.90. The van der Waals surface area contributed by atoms with E-state index in [0.29, 0.717) is 18.4 Å². The van der Waals surface area contributed by atoms with Gasteiger partial charge in [-0.1, -0.05) is 17.3 Å². The number of oxime groups is 1. The summed E-state index contributed by atoms with van der Waals surface area (Å²) >= 11 is 1.12. The first-order valence-corrected chi connectivity index (χ1v) is 11.5. The summed E-state index contributed by atoms with van der Waals surface area (Å²) in [4.78, 5) is 49.7. The number of allylic oxidation sites excluding steroid dienone is 2. The molecule has 0 aliphatic carbocycles. The van der Waals surface area contributed by atoms with Crippen LogP contribution in [0.25, 0.3) is 0 Å². The van der Waals surface area contributed by atoms with Gasteiger partial charge in [-0.15, -0.1) is 11.3 Å². The Kier molecular flexibility index (Phi) is 6.55. The van der Waals surface area contributed by atoms with E-state index in [9.17, 15) is 19.5 Å². The molecule has 0 radical (unpaired) electrons. The van der Waals surface area contributed by atoms with Crippen molar-refractivity contribution in [1.29, 1.82) is 5.41 Å². The summed E-state index contributed by atoms with van der Waals surface area (Å²) in [5.41, 5.74) is 11.8. The van der Waals surface area contributed by atoms with E-state index >= 15 is 0 Å². The normalized spacial score (nSPS) is 23.6. The summed E-state index contributed by atoms with van der Waals surface area (Å²) in [5.74, 6) is -2.53. The number of nitrogens with two attached hydrogens (primary N) is 2. The van der Waals surface area contributed by atoms with Crippen molar-refractivity contribution >= 4 is 45.8 Å². The zero-order valence-corrected chi connectivity index (χ0v) is 19.5. The molecule has 7 N–H and O–H groups in total. The number of aromatic nitrogens is 1. The standard InChI is InChI=1S/C21H24N8O5S/c1-34-27-14(11-9-35-21(24)25-11)18(30)26-15-12-6-5-10(16(20(32)33)29(12)19(15)31)8-28-7-3-2-4-13(28)17(22)23/h2-4,7,9,12-13,15H,5-6,8H2,1H3,(H3,22,23)(H2,24,25)(H,26,30)(H,32,33)/b27-14-/t12?,13?,15-/m0/s1. The fraction of sp³-hybridized carbons (Fsp3) is 0.333. The second-order valence-electron chi connectivity index (χ2n) is 8.02. The number of nitrogen functional groups attached to an aromatic ring is 1. The van der Waals surface area contributed by atoms with Crippen molar-refractivity contribution in [3.05, 3.63) is 46.8 Å². The van der Waals surface area contributed by atoms with Gasteiger partial charge in [0, 0.05) is 18.1 Å². The third-order valence-corrected chi connectivity index (χ3v) is 6.59. The van der Waals surface area contributed by atoms with Crippen LogP contribution in [0.5, 0.6) is 0 Å². The quantitative estimate of drug-likeness (QED) is 0.136. The van der Waals surface area contributed by atoms with Crippen LogP contribution in [0.3, 0.4) is 0 Å². The van der Waals surface area contributed by atoms with Crippen LogP contribution >= 0.6 is 11.3 Å². The van der Waals surface area contributed by atoms with E-state index in [2.05, 4.69) is 15.5 Å². The Morgan fingerprint density at radius 1 is 1.43 bits per heavy atom. The van der Waals surface area contributed by atoms with E-state index in [0.717, 1.165) is 11.3 Å². The number of amides is 2. The Labute approximate surface area is 203 Å². The van der Waals surface area contributed by atoms with Gasteiger partial charge in [-0.2, -0.15) is 0 Å². The average molecular weight is 501 g/mol. The number of carbonyl (C=O) groups excluding carboxylic acids is 2. The molecule has 13 nitrogen and oxygen atoms in total. The topological polar surface area (TPSA) is 200 Å². The van der Waals surface area contributed by atoms with E-state index in [4.69, 9.17) is 21.7 Å². The van der Waals surface area contributed by atoms with E-state index in [-0.39, 0.29) is 34.6 Å². The number of rotatable bonds is 8. The van der Waals surface area contributed by atoms with Gasteiger partial charge in [0.25, 0.3) is 11.8 Å². The third kappa shape index (κ3) is 4.47. The van der Waals surface area contributed by atoms with Crippen molar-refractivity contribution < 1.29 is 24.3 Å². The number of nitrogens with one attached hydrogen (secondary N) is 2. The van der Waals surface area contributed by atoms with Gasteiger partial charge in [0.2, 0.25) is 0 Å². The second kappa shape index (κ2) is 9.58. The maximum Gasteiger partial charge on any atom is 0.352 e. The van der Waals surface area contributed by atoms with Crippen LogP contribution in [0, 0.1) is 5.41 Å². The van der Waals surface area contributed by atoms with Gasteiger partial charge in [-0.25, -0.2) is 9.78 Å². The Morgan fingerprint density at radius 3 is 2.83 bits per heavy atom. The molecule has 184 valence electrons. The maximum absolute atomic E-state index is 13.0. The van der Waals surface area contributed by atoms with Gasteiger partial charge < -0.3 is 31.6 Å². The van der Waals surface area contributed by atoms with Crippen molar-refractivity contribution in [2.24, 2.45) is 10.9 Å². The molecule has 1 aromatic rings. The van der Waals surface area contributed by atoms with Crippen LogP contribution in [0.4, 0.5) is 5.13 Å². The highest BCUT2D eigenvalue weighted by Crippen LogP contribution is 2.37. The minimum Gasteiger partial charge on any atom is -0.477 e. The maximum atomic E-state index is 13.0. The fourth-order valence-electron chi connectivity index (χ4n) is 4.38. The number of carboxylic acids is 1. The molecule has 3 aliphatic rings. The average Bonchev–Trinajstić information content (AvgIpc) is 3.26. The van der Waals surface area contributed by atoms with Crippen LogP contribution in [0.2, 0.25) is 0 Å². The fourth-order valence-corrected chi connectivity index (χ4v) is 4.93. The molecule has 2 unspecified atom stereocenters. The number of amidine groups is 1. The first-order chi connectivity index (χ1) is 16.7. The van der Waals surface area contributed by atoms with E-state index in [1.54, 1.807) is 34.7 Å². The van der Waals surface area contributed by atoms with Crippen LogP contribution in [0.15, 0.2) is 46.2 Å². The highest BCUT2D eigenvalue weighted by atomic mass is 32.1. The number of carboxylic acid groups (broad SMARTS) is 1. The lowest BCUT2D eigenvalue weighted by molar-refractivity contribution is -0.155. The van der Waals surface area contributed by atoms with Gasteiger partial charge in [-0.05, 0) is 24.5 Å². The van der Waals surface area contributed by atoms with E-state index in [1.165, 1.54) is 12.0 Å². The lowest BCUT2D eigenvalue weighted by atomic mass is 9.83. The summed E-state index contributed by atoms with van der Waals surface area (Å²) in [7, 11) is 1.27. The van der Waals surface area contributed by atoms with Crippen molar-refractivity contribution in [2.75, 3.05) is 19.4 Å². The first kappa shape index (κ1) is 23.9. The van der Waals surface area contributed by atoms with Crippen molar-refractivity contribution in [3.8, 4) is 0 Å². The molecule has 4 heterocycles. The monoisotopic (exact) mass is 500 g/mol. The van der Waals surface area contributed by atoms with Gasteiger partial charge in [0.15, 0.2) is 10.8 Å². The molecule has 1 aromatic heterocycles. The summed E-state index contributed by atoms with van der Waals surface area (Å²) in [6.45, 7) is 0.191. The SMILES string of the molecule is CO/N=C(\C(=O)N[C@@H]1C(=O)N2C(C(=O)O)=C(CN3C=CC=CC3C(=N)N)CCC12)c1csc(N)n1. The Hall–Kier alpha value is -4.20. The number of fused-ring (bicyclic) bond motifs is 1. The number of anilines is 1. The van der Waals surface area contributed by atoms with Gasteiger partial charge >= 0.3 is 5.97 Å². The molecule has 1 saturated heterocycles. The van der Waals surface area contributed by atoms with E-state index < -0.39 is 35.9 Å². The Morgan fingerprint density at radius 2 is 2.20 bits per heavy atom. The summed E-state index contributed by atoms with van der Waals surface area (Å²) < 4.78 is 0. The zero-order valence-electron chi connectivity index (χ0n) is 18.7. The van der Waals surface area contributed by atoms with Gasteiger partial charge in [0.05, 0.1) is 6.04 Å². The number of carbonyl (C=O) groups is 3. The number of nitrogens with zero attached hydrogens (tertiary/aromatic N) is 4. The van der Waals surface area contributed by atoms with Crippen LogP contribution < -0.4 is 16.8 Å². The molecule has 0 spiro atoms. The molecule has 1 fully saturated rings. The van der Waals surface area contributed by atoms with Crippen LogP contribution in [-0.2, 0) is 19.2 Å². The molecule has 0 saturated carbocycles. The number of β-lactam (4-membered cyclic amide) rings is 1. The molecule has 4 rings (SSSR count). The molecule has 2 amide bonds. The van der Waals surface area contributed by atoms with Gasteiger partial charge in [0.1, 0.15) is 36.4 Å². The molecule has 3 atom stereocenters. The summed E-state index contributed by atoms with van der Waals surface area (Å²) in [5, 5.41) is 25.8. The lowest BCUT2D eigenvalue weighted by Crippen LogP contribution is -2.72. The Balaban J connectivity index is 1.53. The number of thiazole rings is 1.